The Morgan fingerprint density at radius 1 is 1.41 bits per heavy atom. The maximum Gasteiger partial charge on any atom is 0.389 e. The number of alkyl halides is 3. The van der Waals surface area contributed by atoms with Gasteiger partial charge in [-0.15, -0.1) is 0 Å². The fourth-order valence-corrected chi connectivity index (χ4v) is 1.50. The van der Waals surface area contributed by atoms with Gasteiger partial charge < -0.3 is 9.63 Å². The molecule has 0 aliphatic heterocycles. The molecule has 1 N–H and O–H groups in total. The van der Waals surface area contributed by atoms with E-state index in [-0.39, 0.29) is 24.1 Å². The monoisotopic (exact) mass is 252 g/mol. The van der Waals surface area contributed by atoms with E-state index < -0.39 is 18.7 Å². The largest absolute Gasteiger partial charge is 0.393 e. The zero-order chi connectivity index (χ0) is 13.1. The second kappa shape index (κ2) is 5.48. The smallest absolute Gasteiger partial charge is 0.389 e. The molecule has 0 saturated heterocycles. The number of hydrogen-bond donors (Lipinski definition) is 1. The molecule has 1 aromatic heterocycles. The minimum atomic E-state index is -4.23. The molecule has 7 heteroatoms. The van der Waals surface area contributed by atoms with Crippen LogP contribution in [0.4, 0.5) is 13.2 Å². The second-order valence-corrected chi connectivity index (χ2v) is 3.92. The first-order chi connectivity index (χ1) is 7.83. The Bertz CT molecular complexity index is 350. The van der Waals surface area contributed by atoms with Crippen molar-refractivity contribution >= 4 is 0 Å². The molecule has 1 heterocycles. The van der Waals surface area contributed by atoms with Gasteiger partial charge in [-0.25, -0.2) is 0 Å². The van der Waals surface area contributed by atoms with Crippen LogP contribution in [0.25, 0.3) is 0 Å². The normalized spacial score (nSPS) is 15.9. The lowest BCUT2D eigenvalue weighted by Gasteiger charge is -2.12. The number of nitrogens with zero attached hydrogens (tertiary/aromatic N) is 2. The summed E-state index contributed by atoms with van der Waals surface area (Å²) in [6.45, 7) is 3.41. The fourth-order valence-electron chi connectivity index (χ4n) is 1.50. The van der Waals surface area contributed by atoms with Crippen LogP contribution in [0.1, 0.15) is 44.3 Å². The van der Waals surface area contributed by atoms with Crippen molar-refractivity contribution < 1.29 is 22.8 Å². The highest BCUT2D eigenvalue weighted by molar-refractivity contribution is 4.96. The summed E-state index contributed by atoms with van der Waals surface area (Å²) in [5.74, 6) is -0.113. The zero-order valence-electron chi connectivity index (χ0n) is 9.66. The third kappa shape index (κ3) is 4.33. The van der Waals surface area contributed by atoms with E-state index in [2.05, 4.69) is 10.1 Å². The van der Waals surface area contributed by atoms with Gasteiger partial charge in [0.05, 0.1) is 18.4 Å². The van der Waals surface area contributed by atoms with Gasteiger partial charge in [0.15, 0.2) is 5.82 Å². The summed E-state index contributed by atoms with van der Waals surface area (Å²) < 4.78 is 40.8. The molecule has 0 radical (unpaired) electrons. The molecule has 17 heavy (non-hydrogen) atoms. The Morgan fingerprint density at radius 3 is 2.53 bits per heavy atom. The molecule has 0 saturated carbocycles. The van der Waals surface area contributed by atoms with E-state index >= 15 is 0 Å². The number of aryl methyl sites for hydroxylation is 1. The highest BCUT2D eigenvalue weighted by Gasteiger charge is 2.28. The molecule has 0 aromatic carbocycles. The average molecular weight is 252 g/mol. The fraction of sp³-hybridized carbons (Fsp3) is 0.800. The van der Waals surface area contributed by atoms with Crippen molar-refractivity contribution in [3.63, 3.8) is 0 Å². The van der Waals surface area contributed by atoms with E-state index in [1.165, 1.54) is 0 Å². The minimum Gasteiger partial charge on any atom is -0.393 e. The van der Waals surface area contributed by atoms with Gasteiger partial charge in [-0.2, -0.15) is 18.2 Å². The number of halogens is 3. The van der Waals surface area contributed by atoms with E-state index in [1.54, 1.807) is 6.92 Å². The molecule has 2 atom stereocenters. The lowest BCUT2D eigenvalue weighted by Crippen LogP contribution is -2.14. The van der Waals surface area contributed by atoms with Crippen molar-refractivity contribution in [2.75, 3.05) is 0 Å². The van der Waals surface area contributed by atoms with Gasteiger partial charge >= 0.3 is 6.18 Å². The molecule has 98 valence electrons. The number of aliphatic hydroxyl groups excluding tert-OH is 1. The van der Waals surface area contributed by atoms with Crippen LogP contribution in [0.5, 0.6) is 0 Å². The molecule has 4 nitrogen and oxygen atoms in total. The van der Waals surface area contributed by atoms with Crippen LogP contribution >= 0.6 is 0 Å². The van der Waals surface area contributed by atoms with Crippen LogP contribution in [0.2, 0.25) is 0 Å². The number of aliphatic hydroxyl groups is 1. The topological polar surface area (TPSA) is 59.2 Å². The Labute approximate surface area is 96.8 Å². The highest BCUT2D eigenvalue weighted by atomic mass is 19.4. The molecular weight excluding hydrogens is 237 g/mol. The van der Waals surface area contributed by atoms with Crippen LogP contribution in [-0.4, -0.2) is 27.5 Å². The molecule has 0 bridgehead atoms. The lowest BCUT2D eigenvalue weighted by atomic mass is 10.0. The van der Waals surface area contributed by atoms with Crippen LogP contribution in [-0.2, 0) is 6.42 Å². The molecule has 2 unspecified atom stereocenters. The molecule has 0 aliphatic rings. The predicted molar refractivity (Wildman–Crippen MR) is 53.4 cm³/mol. The van der Waals surface area contributed by atoms with E-state index in [9.17, 15) is 18.3 Å². The van der Waals surface area contributed by atoms with Crippen molar-refractivity contribution in [1.29, 1.82) is 0 Å². The lowest BCUT2D eigenvalue weighted by molar-refractivity contribution is -0.134. The standard InChI is InChI=1S/C10H15F3N2O2/c1-3-7(6(2)16)9-14-8(15-17-9)4-5-10(11,12)13/h6-7,16H,3-5H2,1-2H3. The van der Waals surface area contributed by atoms with Crippen molar-refractivity contribution in [1.82, 2.24) is 10.1 Å². The summed E-state index contributed by atoms with van der Waals surface area (Å²) >= 11 is 0. The predicted octanol–water partition coefficient (Wildman–Crippen LogP) is 2.44. The van der Waals surface area contributed by atoms with E-state index in [0.29, 0.717) is 6.42 Å². The van der Waals surface area contributed by atoms with E-state index in [0.717, 1.165) is 0 Å². The van der Waals surface area contributed by atoms with Gasteiger partial charge in [-0.1, -0.05) is 12.1 Å². The van der Waals surface area contributed by atoms with Gasteiger partial charge in [0.25, 0.3) is 0 Å². The maximum absolute atomic E-state index is 12.0. The Morgan fingerprint density at radius 2 is 2.06 bits per heavy atom. The first kappa shape index (κ1) is 14.0. The number of aromatic nitrogens is 2. The Kier molecular flexibility index (Phi) is 4.50. The van der Waals surface area contributed by atoms with E-state index in [4.69, 9.17) is 4.52 Å². The quantitative estimate of drug-likeness (QED) is 0.874. The highest BCUT2D eigenvalue weighted by Crippen LogP contribution is 2.24. The Balaban J connectivity index is 2.64. The third-order valence-electron chi connectivity index (χ3n) is 2.46. The first-order valence-electron chi connectivity index (χ1n) is 5.40. The van der Waals surface area contributed by atoms with Gasteiger partial charge in [0.1, 0.15) is 0 Å². The van der Waals surface area contributed by atoms with Crippen molar-refractivity contribution in [3.8, 4) is 0 Å². The van der Waals surface area contributed by atoms with Crippen LogP contribution in [0.3, 0.4) is 0 Å². The van der Waals surface area contributed by atoms with Crippen LogP contribution in [0.15, 0.2) is 4.52 Å². The van der Waals surface area contributed by atoms with Crippen molar-refractivity contribution in [2.45, 2.75) is 51.3 Å². The summed E-state index contributed by atoms with van der Waals surface area (Å²) in [5.41, 5.74) is 0. The van der Waals surface area contributed by atoms with Gasteiger partial charge in [-0.05, 0) is 13.3 Å². The number of rotatable bonds is 5. The zero-order valence-corrected chi connectivity index (χ0v) is 9.66. The molecular formula is C10H15F3N2O2. The van der Waals surface area contributed by atoms with Crippen LogP contribution < -0.4 is 0 Å². The number of hydrogen-bond acceptors (Lipinski definition) is 4. The molecule has 1 rings (SSSR count). The molecule has 0 spiro atoms. The van der Waals surface area contributed by atoms with Gasteiger partial charge in [0, 0.05) is 6.42 Å². The van der Waals surface area contributed by atoms with E-state index in [1.807, 2.05) is 6.92 Å². The average Bonchev–Trinajstić information content (AvgIpc) is 2.63. The molecule has 0 aliphatic carbocycles. The SMILES string of the molecule is CCC(c1nc(CCC(F)(F)F)no1)C(C)O. The molecule has 0 fully saturated rings. The van der Waals surface area contributed by atoms with Crippen molar-refractivity contribution in [2.24, 2.45) is 0 Å². The Hall–Kier alpha value is -1.11. The second-order valence-electron chi connectivity index (χ2n) is 3.92. The third-order valence-corrected chi connectivity index (χ3v) is 2.46. The summed E-state index contributed by atoms with van der Waals surface area (Å²) in [5, 5.41) is 12.9. The first-order valence-corrected chi connectivity index (χ1v) is 5.40. The summed E-state index contributed by atoms with van der Waals surface area (Å²) in [4.78, 5) is 3.87. The summed E-state index contributed by atoms with van der Waals surface area (Å²) in [7, 11) is 0. The van der Waals surface area contributed by atoms with Crippen molar-refractivity contribution in [3.05, 3.63) is 11.7 Å². The summed E-state index contributed by atoms with van der Waals surface area (Å²) in [6.07, 6.45) is -5.59. The molecule has 0 amide bonds. The minimum absolute atomic E-state index is 0.0245. The maximum atomic E-state index is 12.0. The van der Waals surface area contributed by atoms with Gasteiger partial charge in [0.2, 0.25) is 5.89 Å². The summed E-state index contributed by atoms with van der Waals surface area (Å²) in [6, 6.07) is 0. The van der Waals surface area contributed by atoms with Gasteiger partial charge in [-0.3, -0.25) is 0 Å². The molecule has 1 aromatic rings. The van der Waals surface area contributed by atoms with Crippen LogP contribution in [0, 0.1) is 0 Å².